The molecule has 1 N–H and O–H groups in total. The molecule has 0 aliphatic heterocycles. The summed E-state index contributed by atoms with van der Waals surface area (Å²) in [6.07, 6.45) is 4.56. The van der Waals surface area contributed by atoms with Gasteiger partial charge in [-0.1, -0.05) is 39.2 Å². The fourth-order valence-electron chi connectivity index (χ4n) is 1.91. The molecule has 0 fully saturated rings. The first-order chi connectivity index (χ1) is 8.67. The lowest BCUT2D eigenvalue weighted by molar-refractivity contribution is 0.0945. The number of hydrogen-bond donors (Lipinski definition) is 1. The highest BCUT2D eigenvalue weighted by atomic mass is 19.1. The predicted molar refractivity (Wildman–Crippen MR) is 72.0 cm³/mol. The molecule has 3 heteroatoms. The van der Waals surface area contributed by atoms with Crippen molar-refractivity contribution in [3.8, 4) is 0 Å². The first kappa shape index (κ1) is 14.7. The van der Waals surface area contributed by atoms with Gasteiger partial charge in [-0.3, -0.25) is 4.79 Å². The van der Waals surface area contributed by atoms with E-state index in [0.717, 1.165) is 12.8 Å². The van der Waals surface area contributed by atoms with Crippen LogP contribution in [-0.2, 0) is 0 Å². The molecule has 1 aromatic rings. The van der Waals surface area contributed by atoms with Gasteiger partial charge in [-0.15, -0.1) is 0 Å². The fourth-order valence-corrected chi connectivity index (χ4v) is 1.91. The molecule has 0 saturated heterocycles. The van der Waals surface area contributed by atoms with Crippen molar-refractivity contribution >= 4 is 5.91 Å². The van der Waals surface area contributed by atoms with Crippen LogP contribution in [0.15, 0.2) is 24.3 Å². The molecule has 100 valence electrons. The summed E-state index contributed by atoms with van der Waals surface area (Å²) >= 11 is 0. The summed E-state index contributed by atoms with van der Waals surface area (Å²) in [6.45, 7) is 4.97. The third kappa shape index (κ3) is 4.86. The van der Waals surface area contributed by atoms with Gasteiger partial charge in [-0.2, -0.15) is 0 Å². The van der Waals surface area contributed by atoms with Crippen molar-refractivity contribution in [3.63, 3.8) is 0 Å². The van der Waals surface area contributed by atoms with Crippen molar-refractivity contribution in [2.24, 2.45) is 5.92 Å². The number of benzene rings is 1. The first-order valence-corrected chi connectivity index (χ1v) is 6.71. The number of carbonyl (C=O) groups excluding carboxylic acids is 1. The smallest absolute Gasteiger partial charge is 0.251 e. The highest BCUT2D eigenvalue weighted by Crippen LogP contribution is 2.11. The summed E-state index contributed by atoms with van der Waals surface area (Å²) in [4.78, 5) is 11.8. The minimum absolute atomic E-state index is 0.190. The molecule has 1 rings (SSSR count). The van der Waals surface area contributed by atoms with Crippen molar-refractivity contribution in [1.29, 1.82) is 0 Å². The zero-order chi connectivity index (χ0) is 13.4. The lowest BCUT2D eigenvalue weighted by Crippen LogP contribution is -2.29. The van der Waals surface area contributed by atoms with Crippen LogP contribution in [0.25, 0.3) is 0 Å². The molecule has 0 unspecified atom stereocenters. The maximum absolute atomic E-state index is 13.0. The van der Waals surface area contributed by atoms with Crippen molar-refractivity contribution < 1.29 is 9.18 Å². The normalized spacial score (nSPS) is 12.2. The van der Waals surface area contributed by atoms with Gasteiger partial charge in [0.2, 0.25) is 0 Å². The summed E-state index contributed by atoms with van der Waals surface area (Å²) in [7, 11) is 0. The van der Waals surface area contributed by atoms with Crippen LogP contribution in [0.3, 0.4) is 0 Å². The van der Waals surface area contributed by atoms with Gasteiger partial charge in [0.15, 0.2) is 0 Å². The Kier molecular flexibility index (Phi) is 6.40. The van der Waals surface area contributed by atoms with E-state index < -0.39 is 0 Å². The second-order valence-electron chi connectivity index (χ2n) is 4.64. The highest BCUT2D eigenvalue weighted by molar-refractivity contribution is 5.94. The number of amides is 1. The third-order valence-corrected chi connectivity index (χ3v) is 3.18. The van der Waals surface area contributed by atoms with Crippen molar-refractivity contribution in [1.82, 2.24) is 5.32 Å². The Morgan fingerprint density at radius 3 is 2.78 bits per heavy atom. The van der Waals surface area contributed by atoms with Crippen LogP contribution in [0.1, 0.15) is 49.9 Å². The molecule has 0 saturated carbocycles. The molecule has 1 amide bonds. The summed E-state index contributed by atoms with van der Waals surface area (Å²) in [5.74, 6) is -0.0485. The fraction of sp³-hybridized carbons (Fsp3) is 0.533. The van der Waals surface area contributed by atoms with Crippen LogP contribution < -0.4 is 5.32 Å². The van der Waals surface area contributed by atoms with E-state index in [1.165, 1.54) is 25.0 Å². The van der Waals surface area contributed by atoms with Gasteiger partial charge in [0.25, 0.3) is 5.91 Å². The summed E-state index contributed by atoms with van der Waals surface area (Å²) in [5.41, 5.74) is 0.389. The zero-order valence-corrected chi connectivity index (χ0v) is 11.2. The van der Waals surface area contributed by atoms with E-state index in [4.69, 9.17) is 0 Å². The number of unbranched alkanes of at least 4 members (excludes halogenated alkanes) is 1. The van der Waals surface area contributed by atoms with Gasteiger partial charge in [0.05, 0.1) is 0 Å². The van der Waals surface area contributed by atoms with Crippen LogP contribution >= 0.6 is 0 Å². The molecule has 18 heavy (non-hydrogen) atoms. The van der Waals surface area contributed by atoms with E-state index in [1.807, 2.05) is 0 Å². The summed E-state index contributed by atoms with van der Waals surface area (Å²) in [6, 6.07) is 5.79. The second-order valence-corrected chi connectivity index (χ2v) is 4.64. The number of rotatable bonds is 7. The van der Waals surface area contributed by atoms with Gasteiger partial charge in [0.1, 0.15) is 5.82 Å². The van der Waals surface area contributed by atoms with E-state index in [0.29, 0.717) is 18.0 Å². The molecule has 1 atom stereocenters. The van der Waals surface area contributed by atoms with E-state index in [9.17, 15) is 9.18 Å². The molecule has 0 radical (unpaired) electrons. The summed E-state index contributed by atoms with van der Waals surface area (Å²) < 4.78 is 13.0. The first-order valence-electron chi connectivity index (χ1n) is 6.71. The molecule has 0 aromatic heterocycles. The molecule has 0 bridgehead atoms. The lowest BCUT2D eigenvalue weighted by Gasteiger charge is -2.15. The van der Waals surface area contributed by atoms with Gasteiger partial charge >= 0.3 is 0 Å². The molecular weight excluding hydrogens is 229 g/mol. The van der Waals surface area contributed by atoms with E-state index in [2.05, 4.69) is 19.2 Å². The highest BCUT2D eigenvalue weighted by Gasteiger charge is 2.10. The Bertz CT molecular complexity index is 379. The molecule has 0 heterocycles. The van der Waals surface area contributed by atoms with Crippen molar-refractivity contribution in [2.75, 3.05) is 6.54 Å². The maximum Gasteiger partial charge on any atom is 0.251 e. The topological polar surface area (TPSA) is 29.1 Å². The van der Waals surface area contributed by atoms with Crippen LogP contribution in [0.4, 0.5) is 4.39 Å². The van der Waals surface area contributed by atoms with E-state index >= 15 is 0 Å². The van der Waals surface area contributed by atoms with Crippen LogP contribution in [0.2, 0.25) is 0 Å². The number of hydrogen-bond acceptors (Lipinski definition) is 1. The molecule has 0 aliphatic rings. The number of carbonyl (C=O) groups is 1. The van der Waals surface area contributed by atoms with Gasteiger partial charge in [0, 0.05) is 12.1 Å². The monoisotopic (exact) mass is 251 g/mol. The van der Waals surface area contributed by atoms with Crippen LogP contribution in [-0.4, -0.2) is 12.5 Å². The molecule has 1 aromatic carbocycles. The summed E-state index contributed by atoms with van der Waals surface area (Å²) in [5, 5.41) is 2.88. The zero-order valence-electron chi connectivity index (χ0n) is 11.2. The van der Waals surface area contributed by atoms with Gasteiger partial charge in [-0.05, 0) is 30.5 Å². The predicted octanol–water partition coefficient (Wildman–Crippen LogP) is 3.77. The number of halogens is 1. The quantitative estimate of drug-likeness (QED) is 0.785. The average molecular weight is 251 g/mol. The minimum Gasteiger partial charge on any atom is -0.352 e. The number of nitrogens with one attached hydrogen (secondary N) is 1. The van der Waals surface area contributed by atoms with Crippen molar-refractivity contribution in [2.45, 2.75) is 39.5 Å². The van der Waals surface area contributed by atoms with Gasteiger partial charge < -0.3 is 5.32 Å². The standard InChI is InChI=1S/C15H22FNO/c1-3-5-7-12(4-2)11-17-15(18)13-8-6-9-14(16)10-13/h6,8-10,12H,3-5,7,11H2,1-2H3,(H,17,18)/t12-/m0/s1. The Balaban J connectivity index is 2.44. The Labute approximate surface area is 109 Å². The lowest BCUT2D eigenvalue weighted by atomic mass is 9.99. The van der Waals surface area contributed by atoms with Crippen LogP contribution in [0.5, 0.6) is 0 Å². The van der Waals surface area contributed by atoms with Crippen molar-refractivity contribution in [3.05, 3.63) is 35.6 Å². The molecule has 0 aliphatic carbocycles. The average Bonchev–Trinajstić information content (AvgIpc) is 2.38. The minimum atomic E-state index is -0.374. The SMILES string of the molecule is CCCC[C@H](CC)CNC(=O)c1cccc(F)c1. The Morgan fingerprint density at radius 2 is 2.17 bits per heavy atom. The van der Waals surface area contributed by atoms with Crippen LogP contribution in [0, 0.1) is 11.7 Å². The molecular formula is C15H22FNO. The Morgan fingerprint density at radius 1 is 1.39 bits per heavy atom. The Hall–Kier alpha value is -1.38. The van der Waals surface area contributed by atoms with Gasteiger partial charge in [-0.25, -0.2) is 4.39 Å². The second kappa shape index (κ2) is 7.85. The maximum atomic E-state index is 13.0. The van der Waals surface area contributed by atoms with E-state index in [1.54, 1.807) is 12.1 Å². The largest absolute Gasteiger partial charge is 0.352 e. The molecule has 2 nitrogen and oxygen atoms in total. The third-order valence-electron chi connectivity index (χ3n) is 3.18. The van der Waals surface area contributed by atoms with E-state index in [-0.39, 0.29) is 11.7 Å². The molecule has 0 spiro atoms.